The summed E-state index contributed by atoms with van der Waals surface area (Å²) in [5.74, 6) is -0.995. The van der Waals surface area contributed by atoms with Crippen LogP contribution in [0.4, 0.5) is 10.5 Å². The third-order valence-corrected chi connectivity index (χ3v) is 4.27. The van der Waals surface area contributed by atoms with Gasteiger partial charge in [0, 0.05) is 4.47 Å². The second kappa shape index (κ2) is 5.44. The van der Waals surface area contributed by atoms with Gasteiger partial charge in [0.25, 0.3) is 0 Å². The zero-order chi connectivity index (χ0) is 14.9. The highest BCUT2D eigenvalue weighted by atomic mass is 79.9. The standard InChI is InChI=1S/C14H17BrN2O3/c1-8-3-6-10(15)11(7-8)16-13(20)17-14(2,12(18)19)9-4-5-9/h3,6-7,9H,4-5H2,1-2H3,(H,18,19)(H2,16,17,20). The highest BCUT2D eigenvalue weighted by molar-refractivity contribution is 9.10. The minimum absolute atomic E-state index is 0.00620. The van der Waals surface area contributed by atoms with Gasteiger partial charge in [0.15, 0.2) is 0 Å². The van der Waals surface area contributed by atoms with Gasteiger partial charge in [0.2, 0.25) is 0 Å². The number of hydrogen-bond donors (Lipinski definition) is 3. The van der Waals surface area contributed by atoms with E-state index in [1.54, 1.807) is 6.92 Å². The van der Waals surface area contributed by atoms with Gasteiger partial charge in [-0.25, -0.2) is 9.59 Å². The van der Waals surface area contributed by atoms with Crippen LogP contribution in [0.15, 0.2) is 22.7 Å². The van der Waals surface area contributed by atoms with Crippen LogP contribution in [0.25, 0.3) is 0 Å². The minimum atomic E-state index is -1.21. The predicted octanol–water partition coefficient (Wildman–Crippen LogP) is 3.13. The molecule has 1 aliphatic rings. The number of carbonyl (C=O) groups is 2. The maximum absolute atomic E-state index is 12.0. The van der Waals surface area contributed by atoms with Gasteiger partial charge < -0.3 is 15.7 Å². The Kier molecular flexibility index (Phi) is 4.04. The van der Waals surface area contributed by atoms with Crippen molar-refractivity contribution in [2.45, 2.75) is 32.2 Å². The Hall–Kier alpha value is -1.56. The number of carboxylic acid groups (broad SMARTS) is 1. The lowest BCUT2D eigenvalue weighted by Crippen LogP contribution is -2.55. The lowest BCUT2D eigenvalue weighted by Gasteiger charge is -2.26. The summed E-state index contributed by atoms with van der Waals surface area (Å²) in [6.45, 7) is 3.47. The summed E-state index contributed by atoms with van der Waals surface area (Å²) in [7, 11) is 0. The molecular weight excluding hydrogens is 324 g/mol. The molecule has 1 saturated carbocycles. The molecule has 2 amide bonds. The van der Waals surface area contributed by atoms with Crippen LogP contribution in [0.5, 0.6) is 0 Å². The second-order valence-electron chi connectivity index (χ2n) is 5.34. The Balaban J connectivity index is 2.08. The Morgan fingerprint density at radius 3 is 2.60 bits per heavy atom. The summed E-state index contributed by atoms with van der Waals surface area (Å²) in [6.07, 6.45) is 1.66. The molecule has 1 unspecified atom stereocenters. The molecule has 0 aromatic heterocycles. The Morgan fingerprint density at radius 1 is 1.40 bits per heavy atom. The first-order chi connectivity index (χ1) is 9.33. The van der Waals surface area contributed by atoms with Gasteiger partial charge in [-0.2, -0.15) is 0 Å². The van der Waals surface area contributed by atoms with Crippen LogP contribution in [0.2, 0.25) is 0 Å². The third-order valence-electron chi connectivity index (χ3n) is 3.58. The summed E-state index contributed by atoms with van der Waals surface area (Å²) in [6, 6.07) is 5.06. The van der Waals surface area contributed by atoms with Crippen LogP contribution >= 0.6 is 15.9 Å². The zero-order valence-corrected chi connectivity index (χ0v) is 13.0. The van der Waals surface area contributed by atoms with Crippen molar-refractivity contribution >= 4 is 33.6 Å². The lowest BCUT2D eigenvalue weighted by atomic mass is 9.96. The maximum Gasteiger partial charge on any atom is 0.329 e. The SMILES string of the molecule is Cc1ccc(Br)c(NC(=O)NC(C)(C(=O)O)C2CC2)c1. The Bertz CT molecular complexity index is 557. The van der Waals surface area contributed by atoms with Crippen LogP contribution in [0, 0.1) is 12.8 Å². The van der Waals surface area contributed by atoms with Crippen molar-refractivity contribution in [3.05, 3.63) is 28.2 Å². The molecule has 3 N–H and O–H groups in total. The number of carbonyl (C=O) groups excluding carboxylic acids is 1. The molecule has 0 radical (unpaired) electrons. The molecule has 2 rings (SSSR count). The van der Waals surface area contributed by atoms with E-state index in [0.717, 1.165) is 22.9 Å². The van der Waals surface area contributed by atoms with Crippen LogP contribution in [0.3, 0.4) is 0 Å². The molecule has 108 valence electrons. The van der Waals surface area contributed by atoms with Crippen LogP contribution in [-0.2, 0) is 4.79 Å². The van der Waals surface area contributed by atoms with Crippen LogP contribution in [0.1, 0.15) is 25.3 Å². The molecule has 6 heteroatoms. The second-order valence-corrected chi connectivity index (χ2v) is 6.20. The van der Waals surface area contributed by atoms with Gasteiger partial charge in [0.1, 0.15) is 5.54 Å². The number of anilines is 1. The fraction of sp³-hybridized carbons (Fsp3) is 0.429. The molecule has 0 heterocycles. The Morgan fingerprint density at radius 2 is 2.05 bits per heavy atom. The average Bonchev–Trinajstić information content (AvgIpc) is 3.17. The first kappa shape index (κ1) is 14.8. The van der Waals surface area contributed by atoms with Gasteiger partial charge in [-0.3, -0.25) is 0 Å². The van der Waals surface area contributed by atoms with Crippen LogP contribution < -0.4 is 10.6 Å². The van der Waals surface area contributed by atoms with Crippen molar-refractivity contribution < 1.29 is 14.7 Å². The molecule has 0 bridgehead atoms. The fourth-order valence-electron chi connectivity index (χ4n) is 2.12. The molecular formula is C14H17BrN2O3. The van der Waals surface area contributed by atoms with E-state index in [9.17, 15) is 14.7 Å². The van der Waals surface area contributed by atoms with Gasteiger partial charge in [0.05, 0.1) is 5.69 Å². The van der Waals surface area contributed by atoms with Gasteiger partial charge in [-0.15, -0.1) is 0 Å². The largest absolute Gasteiger partial charge is 0.480 e. The molecule has 1 fully saturated rings. The fourth-order valence-corrected chi connectivity index (χ4v) is 2.46. The van der Waals surface area contributed by atoms with Gasteiger partial charge in [-0.05, 0) is 66.2 Å². The number of hydrogen-bond acceptors (Lipinski definition) is 2. The first-order valence-corrected chi connectivity index (χ1v) is 7.21. The van der Waals surface area contributed by atoms with Crippen molar-refractivity contribution in [3.8, 4) is 0 Å². The summed E-state index contributed by atoms with van der Waals surface area (Å²) in [4.78, 5) is 23.4. The van der Waals surface area contributed by atoms with Crippen molar-refractivity contribution in [3.63, 3.8) is 0 Å². The number of halogens is 1. The molecule has 5 nitrogen and oxygen atoms in total. The van der Waals surface area contributed by atoms with E-state index in [-0.39, 0.29) is 5.92 Å². The first-order valence-electron chi connectivity index (χ1n) is 6.41. The smallest absolute Gasteiger partial charge is 0.329 e. The molecule has 1 aliphatic carbocycles. The third kappa shape index (κ3) is 3.12. The molecule has 0 aliphatic heterocycles. The van der Waals surface area contributed by atoms with Crippen molar-refractivity contribution in [2.24, 2.45) is 5.92 Å². The van der Waals surface area contributed by atoms with E-state index in [4.69, 9.17) is 0 Å². The number of carboxylic acids is 1. The molecule has 0 saturated heterocycles. The normalized spacial score (nSPS) is 17.1. The summed E-state index contributed by atoms with van der Waals surface area (Å²) in [5, 5.41) is 14.6. The molecule has 1 aromatic carbocycles. The number of rotatable bonds is 4. The number of nitrogens with one attached hydrogen (secondary N) is 2. The van der Waals surface area contributed by atoms with Crippen molar-refractivity contribution in [1.82, 2.24) is 5.32 Å². The summed E-state index contributed by atoms with van der Waals surface area (Å²) < 4.78 is 0.752. The molecule has 20 heavy (non-hydrogen) atoms. The quantitative estimate of drug-likeness (QED) is 0.787. The lowest BCUT2D eigenvalue weighted by molar-refractivity contribution is -0.144. The van der Waals surface area contributed by atoms with E-state index < -0.39 is 17.5 Å². The van der Waals surface area contributed by atoms with Gasteiger partial charge in [-0.1, -0.05) is 6.07 Å². The van der Waals surface area contributed by atoms with E-state index in [1.165, 1.54) is 0 Å². The number of aliphatic carboxylic acids is 1. The van der Waals surface area contributed by atoms with E-state index >= 15 is 0 Å². The number of urea groups is 1. The molecule has 1 aromatic rings. The zero-order valence-electron chi connectivity index (χ0n) is 11.4. The number of benzene rings is 1. The van der Waals surface area contributed by atoms with E-state index in [1.807, 2.05) is 25.1 Å². The minimum Gasteiger partial charge on any atom is -0.480 e. The average molecular weight is 341 g/mol. The monoisotopic (exact) mass is 340 g/mol. The van der Waals surface area contributed by atoms with E-state index in [2.05, 4.69) is 26.6 Å². The summed E-state index contributed by atoms with van der Waals surface area (Å²) >= 11 is 3.35. The van der Waals surface area contributed by atoms with E-state index in [0.29, 0.717) is 5.69 Å². The van der Waals surface area contributed by atoms with Crippen molar-refractivity contribution in [1.29, 1.82) is 0 Å². The highest BCUT2D eigenvalue weighted by Crippen LogP contribution is 2.39. The van der Waals surface area contributed by atoms with Crippen molar-refractivity contribution in [2.75, 3.05) is 5.32 Å². The topological polar surface area (TPSA) is 78.4 Å². The maximum atomic E-state index is 12.0. The summed E-state index contributed by atoms with van der Waals surface area (Å²) in [5.41, 5.74) is 0.415. The number of aryl methyl sites for hydroxylation is 1. The molecule has 0 spiro atoms. The molecule has 1 atom stereocenters. The predicted molar refractivity (Wildman–Crippen MR) is 79.8 cm³/mol. The number of amides is 2. The van der Waals surface area contributed by atoms with Crippen LogP contribution in [-0.4, -0.2) is 22.6 Å². The Labute approximate surface area is 125 Å². The van der Waals surface area contributed by atoms with Gasteiger partial charge >= 0.3 is 12.0 Å². The highest BCUT2D eigenvalue weighted by Gasteiger charge is 2.48.